The van der Waals surface area contributed by atoms with Gasteiger partial charge in [0.1, 0.15) is 0 Å². The van der Waals surface area contributed by atoms with Gasteiger partial charge in [0.15, 0.2) is 0 Å². The number of fused-ring (bicyclic) bond motifs is 15. The van der Waals surface area contributed by atoms with Crippen LogP contribution < -0.4 is 16.0 Å². The first-order valence-electron chi connectivity index (χ1n) is 9.86. The molecule has 0 radical (unpaired) electrons. The summed E-state index contributed by atoms with van der Waals surface area (Å²) in [6, 6.07) is 8.68. The van der Waals surface area contributed by atoms with Crippen molar-refractivity contribution in [2.45, 2.75) is 32.9 Å². The Morgan fingerprint density at radius 2 is 1.62 bits per heavy atom. The van der Waals surface area contributed by atoms with Gasteiger partial charge in [-0.3, -0.25) is 9.69 Å². The third kappa shape index (κ3) is 8.76. The first-order valence-corrected chi connectivity index (χ1v) is 9.86. The van der Waals surface area contributed by atoms with Gasteiger partial charge in [0.2, 0.25) is 0 Å². The summed E-state index contributed by atoms with van der Waals surface area (Å²) in [7, 11) is 0. The van der Waals surface area contributed by atoms with Gasteiger partial charge in [-0.05, 0) is 50.5 Å². The molecule has 0 aliphatic carbocycles. The van der Waals surface area contributed by atoms with E-state index in [0.29, 0.717) is 13.2 Å². The molecule has 0 amide bonds. The molecule has 2 aliphatic heterocycles. The van der Waals surface area contributed by atoms with E-state index < -0.39 is 0 Å². The number of benzene rings is 1. The minimum atomic E-state index is -0.146. The van der Waals surface area contributed by atoms with Crippen molar-refractivity contribution in [1.29, 1.82) is 0 Å². The summed E-state index contributed by atoms with van der Waals surface area (Å²) in [4.78, 5) is 14.1. The lowest BCUT2D eigenvalue weighted by Crippen LogP contribution is -2.34. The second-order valence-electron chi connectivity index (χ2n) is 6.72. The molecule has 3 rings (SSSR count). The van der Waals surface area contributed by atoms with E-state index in [1.54, 1.807) is 0 Å². The average Bonchev–Trinajstić information content (AvgIpc) is 2.63. The average molecular weight is 363 g/mol. The third-order valence-electron chi connectivity index (χ3n) is 4.43. The van der Waals surface area contributed by atoms with Gasteiger partial charge in [0.25, 0.3) is 0 Å². The number of carbonyl (C=O) groups is 1. The monoisotopic (exact) mass is 362 g/mol. The number of ether oxygens (including phenoxy) is 1. The predicted molar refractivity (Wildman–Crippen MR) is 105 cm³/mol. The maximum atomic E-state index is 11.9. The minimum absolute atomic E-state index is 0.146. The highest BCUT2D eigenvalue weighted by molar-refractivity contribution is 5.71. The van der Waals surface area contributed by atoms with Crippen molar-refractivity contribution in [1.82, 2.24) is 20.9 Å². The Hall–Kier alpha value is -1.47. The number of rotatable bonds is 3. The molecule has 0 spiro atoms. The quantitative estimate of drug-likeness (QED) is 0.700. The summed E-state index contributed by atoms with van der Waals surface area (Å²) in [6.07, 6.45) is 2.16. The fraction of sp³-hybridized carbons (Fsp3) is 0.650. The van der Waals surface area contributed by atoms with Crippen LogP contribution in [-0.2, 0) is 22.6 Å². The van der Waals surface area contributed by atoms with Crippen LogP contribution in [0.5, 0.6) is 0 Å². The molecular weight excluding hydrogens is 328 g/mol. The first kappa shape index (κ1) is 20.8. The van der Waals surface area contributed by atoms with Crippen molar-refractivity contribution >= 4 is 5.97 Å². The standard InChI is InChI=1S/C20H34N4O2/c1-2-26-20(25)17-24-14-4-11-22-13-12-21-9-3-10-23-15-18-5-7-19(16-24)8-6-18/h5-8,21-23H,2-4,9-17H2,1H3. The first-order chi connectivity index (χ1) is 12.8. The van der Waals surface area contributed by atoms with Crippen LogP contribution in [0, 0.1) is 0 Å². The molecule has 0 fully saturated rings. The molecule has 0 aromatic heterocycles. The van der Waals surface area contributed by atoms with Crippen LogP contribution in [0.15, 0.2) is 24.3 Å². The fourth-order valence-corrected chi connectivity index (χ4v) is 3.05. The molecule has 2 heterocycles. The summed E-state index contributed by atoms with van der Waals surface area (Å²) < 4.78 is 5.13. The molecule has 26 heavy (non-hydrogen) atoms. The predicted octanol–water partition coefficient (Wildman–Crippen LogP) is 1.11. The normalized spacial score (nSPS) is 18.8. The van der Waals surface area contributed by atoms with E-state index in [-0.39, 0.29) is 5.97 Å². The molecule has 0 unspecified atom stereocenters. The lowest BCUT2D eigenvalue weighted by atomic mass is 10.1. The van der Waals surface area contributed by atoms with Crippen LogP contribution in [0.2, 0.25) is 0 Å². The zero-order valence-electron chi connectivity index (χ0n) is 16.1. The molecule has 0 saturated heterocycles. The zero-order chi connectivity index (χ0) is 18.5. The fourth-order valence-electron chi connectivity index (χ4n) is 3.05. The van der Waals surface area contributed by atoms with Crippen molar-refractivity contribution in [3.8, 4) is 0 Å². The number of nitrogens with zero attached hydrogens (tertiary/aromatic N) is 1. The van der Waals surface area contributed by atoms with E-state index in [0.717, 1.165) is 65.2 Å². The number of esters is 1. The highest BCUT2D eigenvalue weighted by Crippen LogP contribution is 2.09. The molecule has 1 aromatic carbocycles. The minimum Gasteiger partial charge on any atom is -0.465 e. The van der Waals surface area contributed by atoms with Gasteiger partial charge in [-0.1, -0.05) is 24.3 Å². The Balaban J connectivity index is 1.95. The Morgan fingerprint density at radius 1 is 0.962 bits per heavy atom. The van der Waals surface area contributed by atoms with Crippen molar-refractivity contribution in [3.05, 3.63) is 35.4 Å². The molecule has 0 saturated carbocycles. The number of nitrogens with one attached hydrogen (secondary N) is 3. The van der Waals surface area contributed by atoms with Gasteiger partial charge in [0.05, 0.1) is 13.2 Å². The Kier molecular flexibility index (Phi) is 10.3. The summed E-state index contributed by atoms with van der Waals surface area (Å²) >= 11 is 0. The Morgan fingerprint density at radius 3 is 2.35 bits per heavy atom. The summed E-state index contributed by atoms with van der Waals surface area (Å²) in [5.74, 6) is -0.146. The third-order valence-corrected chi connectivity index (χ3v) is 4.43. The van der Waals surface area contributed by atoms with Crippen molar-refractivity contribution in [2.24, 2.45) is 0 Å². The van der Waals surface area contributed by atoms with Crippen LogP contribution in [0.1, 0.15) is 30.9 Å². The van der Waals surface area contributed by atoms with Crippen LogP contribution in [0.4, 0.5) is 0 Å². The topological polar surface area (TPSA) is 65.6 Å². The Bertz CT molecular complexity index is 507. The van der Waals surface area contributed by atoms with Crippen molar-refractivity contribution in [2.75, 3.05) is 52.4 Å². The highest BCUT2D eigenvalue weighted by atomic mass is 16.5. The van der Waals surface area contributed by atoms with Crippen molar-refractivity contribution in [3.63, 3.8) is 0 Å². The van der Waals surface area contributed by atoms with Gasteiger partial charge < -0.3 is 20.7 Å². The smallest absolute Gasteiger partial charge is 0.320 e. The second-order valence-corrected chi connectivity index (χ2v) is 6.72. The largest absolute Gasteiger partial charge is 0.465 e. The molecule has 6 nitrogen and oxygen atoms in total. The van der Waals surface area contributed by atoms with Gasteiger partial charge >= 0.3 is 5.97 Å². The summed E-state index contributed by atoms with van der Waals surface area (Å²) in [5.41, 5.74) is 2.53. The van der Waals surface area contributed by atoms with E-state index in [1.165, 1.54) is 11.1 Å². The highest BCUT2D eigenvalue weighted by Gasteiger charge is 2.12. The maximum Gasteiger partial charge on any atom is 0.320 e. The molecule has 2 bridgehead atoms. The lowest BCUT2D eigenvalue weighted by Gasteiger charge is -2.22. The van der Waals surface area contributed by atoms with Crippen LogP contribution in [0.25, 0.3) is 0 Å². The molecule has 1 aromatic rings. The van der Waals surface area contributed by atoms with Crippen molar-refractivity contribution < 1.29 is 9.53 Å². The van der Waals surface area contributed by atoms with Crippen LogP contribution in [0.3, 0.4) is 0 Å². The molecule has 2 aliphatic rings. The number of hydrogen-bond acceptors (Lipinski definition) is 6. The molecular formula is C20H34N4O2. The molecule has 3 N–H and O–H groups in total. The van der Waals surface area contributed by atoms with Crippen LogP contribution >= 0.6 is 0 Å². The number of carbonyl (C=O) groups excluding carboxylic acids is 1. The summed E-state index contributed by atoms with van der Waals surface area (Å²) in [6.45, 7) is 10.2. The zero-order valence-corrected chi connectivity index (χ0v) is 16.1. The number of hydrogen-bond donors (Lipinski definition) is 3. The van der Waals surface area contributed by atoms with Gasteiger partial charge in [-0.15, -0.1) is 0 Å². The van der Waals surface area contributed by atoms with E-state index in [2.05, 4.69) is 45.1 Å². The van der Waals surface area contributed by atoms with E-state index in [1.807, 2.05) is 6.92 Å². The summed E-state index contributed by atoms with van der Waals surface area (Å²) in [5, 5.41) is 10.4. The van der Waals surface area contributed by atoms with Gasteiger partial charge in [-0.25, -0.2) is 0 Å². The molecule has 146 valence electrons. The van der Waals surface area contributed by atoms with E-state index in [4.69, 9.17) is 4.74 Å². The van der Waals surface area contributed by atoms with E-state index in [9.17, 15) is 4.79 Å². The lowest BCUT2D eigenvalue weighted by molar-refractivity contribution is -0.144. The maximum absolute atomic E-state index is 11.9. The second kappa shape index (κ2) is 12.8. The van der Waals surface area contributed by atoms with Gasteiger partial charge in [-0.2, -0.15) is 0 Å². The molecule has 0 atom stereocenters. The van der Waals surface area contributed by atoms with Gasteiger partial charge in [0, 0.05) is 32.7 Å². The SMILES string of the molecule is CCOC(=O)CN1CCCNCCNCCCNCc2ccc(cc2)C1. The van der Waals surface area contributed by atoms with Crippen LogP contribution in [-0.4, -0.2) is 63.3 Å². The Labute approximate surface area is 157 Å². The molecule has 6 heteroatoms. The van der Waals surface area contributed by atoms with E-state index >= 15 is 0 Å².